The van der Waals surface area contributed by atoms with Crippen molar-refractivity contribution in [2.45, 2.75) is 45.4 Å². The van der Waals surface area contributed by atoms with Crippen LogP contribution < -0.4 is 0 Å². The molecule has 0 fully saturated rings. The summed E-state index contributed by atoms with van der Waals surface area (Å²) >= 11 is 3.81. The van der Waals surface area contributed by atoms with Crippen LogP contribution in [0.1, 0.15) is 39.7 Å². The van der Waals surface area contributed by atoms with Crippen molar-refractivity contribution < 1.29 is 0 Å². The fourth-order valence-corrected chi connectivity index (χ4v) is 2.62. The molecule has 0 spiro atoms. The van der Waals surface area contributed by atoms with E-state index in [4.69, 9.17) is 0 Å². The van der Waals surface area contributed by atoms with Crippen LogP contribution in [0.3, 0.4) is 0 Å². The van der Waals surface area contributed by atoms with Crippen LogP contribution in [0.25, 0.3) is 0 Å². The first-order valence-electron chi connectivity index (χ1n) is 6.07. The molecule has 0 amide bonds. The maximum absolute atomic E-state index is 3.81. The van der Waals surface area contributed by atoms with Crippen molar-refractivity contribution in [3.8, 4) is 0 Å². The average molecular weight is 283 g/mol. The van der Waals surface area contributed by atoms with E-state index in [-0.39, 0.29) is 0 Å². The molecule has 1 rings (SSSR count). The van der Waals surface area contributed by atoms with E-state index in [1.54, 1.807) is 0 Å². The third kappa shape index (κ3) is 4.69. The van der Waals surface area contributed by atoms with Crippen LogP contribution in [0.2, 0.25) is 0 Å². The second-order valence-electron chi connectivity index (χ2n) is 5.79. The molecule has 90 valence electrons. The second-order valence-corrected chi connectivity index (χ2v) is 7.08. The zero-order valence-electron chi connectivity index (χ0n) is 10.8. The maximum atomic E-state index is 3.81. The van der Waals surface area contributed by atoms with Gasteiger partial charge in [0.25, 0.3) is 0 Å². The van der Waals surface area contributed by atoms with Crippen LogP contribution in [0, 0.1) is 11.3 Å². The highest BCUT2D eigenvalue weighted by molar-refractivity contribution is 9.09. The predicted molar refractivity (Wildman–Crippen MR) is 76.1 cm³/mol. The van der Waals surface area contributed by atoms with Crippen LogP contribution >= 0.6 is 15.9 Å². The van der Waals surface area contributed by atoms with E-state index in [9.17, 15) is 0 Å². The van der Waals surface area contributed by atoms with Gasteiger partial charge in [0.05, 0.1) is 0 Å². The molecule has 0 bridgehead atoms. The van der Waals surface area contributed by atoms with Crippen LogP contribution in [-0.4, -0.2) is 4.83 Å². The number of hydrogen-bond acceptors (Lipinski definition) is 0. The largest absolute Gasteiger partial charge is 0.0887 e. The van der Waals surface area contributed by atoms with Crippen molar-refractivity contribution in [3.05, 3.63) is 35.9 Å². The van der Waals surface area contributed by atoms with Gasteiger partial charge in [-0.15, -0.1) is 0 Å². The number of hydrogen-bond donors (Lipinski definition) is 0. The SMILES string of the molecule is CC(CC(Br)Cc1ccccc1)C(C)(C)C. The van der Waals surface area contributed by atoms with E-state index < -0.39 is 0 Å². The van der Waals surface area contributed by atoms with Crippen molar-refractivity contribution in [2.24, 2.45) is 11.3 Å². The van der Waals surface area contributed by atoms with E-state index in [0.717, 1.165) is 12.3 Å². The lowest BCUT2D eigenvalue weighted by Gasteiger charge is -2.29. The number of alkyl halides is 1. The first-order valence-corrected chi connectivity index (χ1v) is 6.99. The quantitative estimate of drug-likeness (QED) is 0.677. The second kappa shape index (κ2) is 5.86. The monoisotopic (exact) mass is 282 g/mol. The summed E-state index contributed by atoms with van der Waals surface area (Å²) in [6.07, 6.45) is 2.36. The number of benzene rings is 1. The molecule has 0 aromatic heterocycles. The molecule has 2 atom stereocenters. The van der Waals surface area contributed by atoms with E-state index in [2.05, 4.69) is 74.0 Å². The summed E-state index contributed by atoms with van der Waals surface area (Å²) in [5.74, 6) is 0.737. The number of rotatable bonds is 4. The summed E-state index contributed by atoms with van der Waals surface area (Å²) in [7, 11) is 0. The van der Waals surface area contributed by atoms with Crippen molar-refractivity contribution in [2.75, 3.05) is 0 Å². The lowest BCUT2D eigenvalue weighted by molar-refractivity contribution is 0.246. The summed E-state index contributed by atoms with van der Waals surface area (Å²) in [4.78, 5) is 0.587. The molecule has 0 N–H and O–H groups in total. The Morgan fingerprint density at radius 2 is 1.69 bits per heavy atom. The van der Waals surface area contributed by atoms with Crippen molar-refractivity contribution >= 4 is 15.9 Å². The van der Waals surface area contributed by atoms with E-state index in [1.807, 2.05) is 0 Å². The van der Waals surface area contributed by atoms with Gasteiger partial charge in [-0.25, -0.2) is 0 Å². The minimum absolute atomic E-state index is 0.405. The summed E-state index contributed by atoms with van der Waals surface area (Å²) in [5, 5.41) is 0. The molecule has 0 aliphatic heterocycles. The molecule has 16 heavy (non-hydrogen) atoms. The average Bonchev–Trinajstić information content (AvgIpc) is 2.17. The molecule has 0 saturated carbocycles. The molecule has 1 aromatic rings. The van der Waals surface area contributed by atoms with Gasteiger partial charge in [0.2, 0.25) is 0 Å². The Balaban J connectivity index is 2.45. The minimum Gasteiger partial charge on any atom is -0.0887 e. The number of halogens is 1. The molecular formula is C15H23Br. The Labute approximate surface area is 109 Å². The fraction of sp³-hybridized carbons (Fsp3) is 0.600. The lowest BCUT2D eigenvalue weighted by atomic mass is 9.79. The highest BCUT2D eigenvalue weighted by Gasteiger charge is 2.22. The smallest absolute Gasteiger partial charge is 0.0188 e. The first-order chi connectivity index (χ1) is 7.39. The minimum atomic E-state index is 0.405. The molecule has 0 heterocycles. The molecule has 0 nitrogen and oxygen atoms in total. The van der Waals surface area contributed by atoms with E-state index in [1.165, 1.54) is 12.0 Å². The first kappa shape index (κ1) is 13.8. The Hall–Kier alpha value is -0.300. The van der Waals surface area contributed by atoms with Crippen molar-refractivity contribution in [1.29, 1.82) is 0 Å². The van der Waals surface area contributed by atoms with Gasteiger partial charge in [-0.05, 0) is 29.7 Å². The lowest BCUT2D eigenvalue weighted by Crippen LogP contribution is -2.21. The fourth-order valence-electron chi connectivity index (χ4n) is 1.69. The molecule has 0 aliphatic rings. The van der Waals surface area contributed by atoms with Gasteiger partial charge in [-0.1, -0.05) is 74.0 Å². The van der Waals surface area contributed by atoms with Crippen LogP contribution in [0.4, 0.5) is 0 Å². The van der Waals surface area contributed by atoms with E-state index in [0.29, 0.717) is 10.2 Å². The van der Waals surface area contributed by atoms with Gasteiger partial charge < -0.3 is 0 Å². The summed E-state index contributed by atoms with van der Waals surface area (Å²) < 4.78 is 0. The zero-order valence-corrected chi connectivity index (χ0v) is 12.4. The van der Waals surface area contributed by atoms with Gasteiger partial charge in [0.15, 0.2) is 0 Å². The Kier molecular flexibility index (Phi) is 5.04. The summed E-state index contributed by atoms with van der Waals surface area (Å²) in [6.45, 7) is 9.30. The Bertz CT molecular complexity index is 297. The van der Waals surface area contributed by atoms with Gasteiger partial charge >= 0.3 is 0 Å². The van der Waals surface area contributed by atoms with Gasteiger partial charge in [0.1, 0.15) is 0 Å². The summed E-state index contributed by atoms with van der Waals surface area (Å²) in [5.41, 5.74) is 1.83. The molecule has 2 unspecified atom stereocenters. The van der Waals surface area contributed by atoms with Crippen LogP contribution in [0.5, 0.6) is 0 Å². The standard InChI is InChI=1S/C15H23Br/c1-12(15(2,3)4)10-14(16)11-13-8-6-5-7-9-13/h5-9,12,14H,10-11H2,1-4H3. The molecule has 1 aromatic carbocycles. The zero-order chi connectivity index (χ0) is 12.2. The van der Waals surface area contributed by atoms with Crippen LogP contribution in [-0.2, 0) is 6.42 Å². The molecule has 0 aliphatic carbocycles. The maximum Gasteiger partial charge on any atom is 0.0188 e. The topological polar surface area (TPSA) is 0 Å². The Morgan fingerprint density at radius 3 is 2.19 bits per heavy atom. The summed E-state index contributed by atoms with van der Waals surface area (Å²) in [6, 6.07) is 10.7. The molecular weight excluding hydrogens is 260 g/mol. The van der Waals surface area contributed by atoms with E-state index >= 15 is 0 Å². The van der Waals surface area contributed by atoms with Crippen LogP contribution in [0.15, 0.2) is 30.3 Å². The molecule has 1 heteroatoms. The van der Waals surface area contributed by atoms with Crippen molar-refractivity contribution in [1.82, 2.24) is 0 Å². The van der Waals surface area contributed by atoms with Crippen molar-refractivity contribution in [3.63, 3.8) is 0 Å². The third-order valence-electron chi connectivity index (χ3n) is 3.39. The van der Waals surface area contributed by atoms with Gasteiger partial charge in [-0.3, -0.25) is 0 Å². The highest BCUT2D eigenvalue weighted by atomic mass is 79.9. The normalized spacial score (nSPS) is 15.8. The molecule has 0 saturated heterocycles. The Morgan fingerprint density at radius 1 is 1.12 bits per heavy atom. The highest BCUT2D eigenvalue weighted by Crippen LogP contribution is 2.31. The third-order valence-corrected chi connectivity index (χ3v) is 4.09. The van der Waals surface area contributed by atoms with Gasteiger partial charge in [-0.2, -0.15) is 0 Å². The predicted octanol–water partition coefficient (Wildman–Crippen LogP) is 5.06. The van der Waals surface area contributed by atoms with Gasteiger partial charge in [0, 0.05) is 4.83 Å². The molecule has 0 radical (unpaired) electrons.